The third-order valence-corrected chi connectivity index (χ3v) is 5.94. The van der Waals surface area contributed by atoms with Gasteiger partial charge in [0.1, 0.15) is 0 Å². The summed E-state index contributed by atoms with van der Waals surface area (Å²) in [5.41, 5.74) is 3.85. The summed E-state index contributed by atoms with van der Waals surface area (Å²) >= 11 is 0. The number of benzene rings is 2. The fourth-order valence-electron chi connectivity index (χ4n) is 3.43. The van der Waals surface area contributed by atoms with Gasteiger partial charge in [0.25, 0.3) is 0 Å². The van der Waals surface area contributed by atoms with Crippen LogP contribution in [0.3, 0.4) is 0 Å². The molecule has 0 atom stereocenters. The average molecular weight is 469 g/mol. The second-order valence-electron chi connectivity index (χ2n) is 7.49. The van der Waals surface area contributed by atoms with Crippen molar-refractivity contribution < 1.29 is 21.6 Å². The van der Waals surface area contributed by atoms with Crippen LogP contribution in [-0.2, 0) is 16.2 Å². The van der Waals surface area contributed by atoms with Crippen LogP contribution in [-0.4, -0.2) is 18.4 Å². The molecule has 5 nitrogen and oxygen atoms in total. The number of halogens is 3. The van der Waals surface area contributed by atoms with Gasteiger partial charge in [-0.05, 0) is 66.1 Å². The Hall–Kier alpha value is -3.56. The van der Waals surface area contributed by atoms with E-state index in [0.29, 0.717) is 39.2 Å². The summed E-state index contributed by atoms with van der Waals surface area (Å²) in [7, 11) is -3.85. The van der Waals surface area contributed by atoms with Gasteiger partial charge in [-0.3, -0.25) is 9.97 Å². The first-order valence-corrected chi connectivity index (χ1v) is 11.3. The van der Waals surface area contributed by atoms with E-state index < -0.39 is 21.8 Å². The van der Waals surface area contributed by atoms with Gasteiger partial charge in [0.05, 0.1) is 16.2 Å². The lowest BCUT2D eigenvalue weighted by Crippen LogP contribution is -2.11. The van der Waals surface area contributed by atoms with E-state index in [2.05, 4.69) is 9.97 Å². The highest BCUT2D eigenvalue weighted by Crippen LogP contribution is 2.32. The fourth-order valence-corrected chi connectivity index (χ4v) is 3.98. The molecule has 2 heterocycles. The minimum absolute atomic E-state index is 0.0105. The largest absolute Gasteiger partial charge is 0.416 e. The van der Waals surface area contributed by atoms with Crippen LogP contribution in [0, 0.1) is 6.92 Å². The zero-order valence-electron chi connectivity index (χ0n) is 17.3. The van der Waals surface area contributed by atoms with Crippen molar-refractivity contribution in [1.29, 1.82) is 0 Å². The first-order chi connectivity index (χ1) is 15.5. The monoisotopic (exact) mass is 469 g/mol. The standard InChI is InChI=1S/C24H18F3N3O2S/c1-15-9-18(16-5-7-21(8-6-16)24(25,26)27)12-23(30-15)20-10-19(13-29-14-20)17-3-2-4-22(11-17)33(28,31)32/h2-14H,1H3,(H2,28,31,32). The lowest BCUT2D eigenvalue weighted by Gasteiger charge is -2.11. The van der Waals surface area contributed by atoms with Crippen molar-refractivity contribution in [2.24, 2.45) is 5.14 Å². The molecule has 2 N–H and O–H groups in total. The highest BCUT2D eigenvalue weighted by molar-refractivity contribution is 7.89. The first kappa shape index (κ1) is 22.6. The maximum Gasteiger partial charge on any atom is 0.416 e. The second-order valence-corrected chi connectivity index (χ2v) is 9.05. The Morgan fingerprint density at radius 3 is 2.15 bits per heavy atom. The summed E-state index contributed by atoms with van der Waals surface area (Å²) in [4.78, 5) is 8.79. The van der Waals surface area contributed by atoms with Gasteiger partial charge in [-0.1, -0.05) is 24.3 Å². The van der Waals surface area contributed by atoms with Crippen LogP contribution in [0.15, 0.2) is 84.0 Å². The SMILES string of the molecule is Cc1cc(-c2ccc(C(F)(F)F)cc2)cc(-c2cncc(-c3cccc(S(N)(=O)=O)c3)c2)n1. The lowest BCUT2D eigenvalue weighted by molar-refractivity contribution is -0.137. The molecule has 33 heavy (non-hydrogen) atoms. The Balaban J connectivity index is 1.73. The molecule has 0 saturated heterocycles. The zero-order valence-corrected chi connectivity index (χ0v) is 18.2. The maximum atomic E-state index is 12.9. The number of pyridine rings is 2. The van der Waals surface area contributed by atoms with Crippen molar-refractivity contribution in [1.82, 2.24) is 9.97 Å². The second kappa shape index (κ2) is 8.42. The molecule has 168 valence electrons. The number of nitrogens with two attached hydrogens (primary N) is 1. The smallest absolute Gasteiger partial charge is 0.263 e. The molecular formula is C24H18F3N3O2S. The van der Waals surface area contributed by atoms with Crippen LogP contribution < -0.4 is 5.14 Å². The summed E-state index contributed by atoms with van der Waals surface area (Å²) in [6, 6.07) is 16.5. The molecule has 0 amide bonds. The van der Waals surface area contributed by atoms with Crippen LogP contribution in [0.4, 0.5) is 13.2 Å². The van der Waals surface area contributed by atoms with Gasteiger partial charge >= 0.3 is 6.18 Å². The normalized spacial score (nSPS) is 12.0. The number of rotatable bonds is 4. The van der Waals surface area contributed by atoms with Gasteiger partial charge in [-0.25, -0.2) is 13.6 Å². The Kier molecular flexibility index (Phi) is 5.77. The van der Waals surface area contributed by atoms with Crippen LogP contribution in [0.25, 0.3) is 33.5 Å². The minimum Gasteiger partial charge on any atom is -0.263 e. The summed E-state index contributed by atoms with van der Waals surface area (Å²) in [5.74, 6) is 0. The number of primary sulfonamides is 1. The number of aryl methyl sites for hydroxylation is 1. The highest BCUT2D eigenvalue weighted by atomic mass is 32.2. The number of nitrogens with zero attached hydrogens (tertiary/aromatic N) is 2. The van der Waals surface area contributed by atoms with Gasteiger partial charge in [0.2, 0.25) is 10.0 Å². The Bertz CT molecular complexity index is 1430. The van der Waals surface area contributed by atoms with E-state index in [1.165, 1.54) is 24.3 Å². The molecule has 0 spiro atoms. The zero-order chi connectivity index (χ0) is 23.8. The van der Waals surface area contributed by atoms with Crippen molar-refractivity contribution in [2.45, 2.75) is 18.0 Å². The third kappa shape index (κ3) is 5.10. The molecule has 0 bridgehead atoms. The van der Waals surface area contributed by atoms with Crippen molar-refractivity contribution in [3.05, 3.63) is 90.4 Å². The predicted octanol–water partition coefficient (Wildman–Crippen LogP) is 5.45. The van der Waals surface area contributed by atoms with Crippen LogP contribution >= 0.6 is 0 Å². The van der Waals surface area contributed by atoms with E-state index in [1.807, 2.05) is 6.07 Å². The number of alkyl halides is 3. The molecule has 0 radical (unpaired) electrons. The van der Waals surface area contributed by atoms with Crippen LogP contribution in [0.2, 0.25) is 0 Å². The van der Waals surface area contributed by atoms with Gasteiger partial charge in [0, 0.05) is 29.2 Å². The van der Waals surface area contributed by atoms with Crippen molar-refractivity contribution in [2.75, 3.05) is 0 Å². The van der Waals surface area contributed by atoms with E-state index in [1.54, 1.807) is 43.6 Å². The van der Waals surface area contributed by atoms with Crippen molar-refractivity contribution in [3.8, 4) is 33.5 Å². The Morgan fingerprint density at radius 2 is 1.48 bits per heavy atom. The first-order valence-electron chi connectivity index (χ1n) is 9.76. The molecule has 9 heteroatoms. The Morgan fingerprint density at radius 1 is 0.788 bits per heavy atom. The Labute approximate surface area is 188 Å². The average Bonchev–Trinajstić information content (AvgIpc) is 2.78. The molecule has 2 aromatic heterocycles. The quantitative estimate of drug-likeness (QED) is 0.431. The van der Waals surface area contributed by atoms with E-state index in [0.717, 1.165) is 12.1 Å². The summed E-state index contributed by atoms with van der Waals surface area (Å²) < 4.78 is 62.0. The summed E-state index contributed by atoms with van der Waals surface area (Å²) in [6.07, 6.45) is -1.19. The molecule has 4 rings (SSSR count). The van der Waals surface area contributed by atoms with Crippen molar-refractivity contribution >= 4 is 10.0 Å². The molecule has 2 aromatic carbocycles. The molecular weight excluding hydrogens is 451 g/mol. The number of hydrogen-bond acceptors (Lipinski definition) is 4. The van der Waals surface area contributed by atoms with Gasteiger partial charge < -0.3 is 0 Å². The van der Waals surface area contributed by atoms with Crippen molar-refractivity contribution in [3.63, 3.8) is 0 Å². The molecule has 0 saturated carbocycles. The third-order valence-electron chi connectivity index (χ3n) is 5.03. The van der Waals surface area contributed by atoms with E-state index in [-0.39, 0.29) is 4.90 Å². The fraction of sp³-hybridized carbons (Fsp3) is 0.0833. The molecule has 0 fully saturated rings. The number of aromatic nitrogens is 2. The van der Waals surface area contributed by atoms with Gasteiger partial charge in [0.15, 0.2) is 0 Å². The van der Waals surface area contributed by atoms with Crippen LogP contribution in [0.1, 0.15) is 11.3 Å². The predicted molar refractivity (Wildman–Crippen MR) is 119 cm³/mol. The number of hydrogen-bond donors (Lipinski definition) is 1. The van der Waals surface area contributed by atoms with Gasteiger partial charge in [-0.15, -0.1) is 0 Å². The highest BCUT2D eigenvalue weighted by Gasteiger charge is 2.30. The van der Waals surface area contributed by atoms with Gasteiger partial charge in [-0.2, -0.15) is 13.2 Å². The minimum atomic E-state index is -4.40. The molecule has 0 aliphatic rings. The lowest BCUT2D eigenvalue weighted by atomic mass is 10.00. The molecule has 0 aliphatic carbocycles. The molecule has 0 unspecified atom stereocenters. The van der Waals surface area contributed by atoms with E-state index >= 15 is 0 Å². The number of sulfonamides is 1. The summed E-state index contributed by atoms with van der Waals surface area (Å²) in [5, 5.41) is 5.23. The van der Waals surface area contributed by atoms with E-state index in [4.69, 9.17) is 5.14 Å². The van der Waals surface area contributed by atoms with Crippen LogP contribution in [0.5, 0.6) is 0 Å². The maximum absolute atomic E-state index is 12.9. The summed E-state index contributed by atoms with van der Waals surface area (Å²) in [6.45, 7) is 1.80. The topological polar surface area (TPSA) is 85.9 Å². The molecule has 0 aliphatic heterocycles. The molecule has 4 aromatic rings. The van der Waals surface area contributed by atoms with E-state index in [9.17, 15) is 21.6 Å².